The molecule has 0 fully saturated rings. The van der Waals surface area contributed by atoms with Crippen LogP contribution in [0.3, 0.4) is 0 Å². The summed E-state index contributed by atoms with van der Waals surface area (Å²) in [7, 11) is 0. The third-order valence-electron chi connectivity index (χ3n) is 4.65. The van der Waals surface area contributed by atoms with Gasteiger partial charge in [0.05, 0.1) is 5.57 Å². The summed E-state index contributed by atoms with van der Waals surface area (Å²) in [6.45, 7) is 2.14. The number of hydrazone groups is 1. The van der Waals surface area contributed by atoms with E-state index in [9.17, 15) is 9.18 Å². The number of hydrogen-bond donors (Lipinski definition) is 1. The highest BCUT2D eigenvalue weighted by molar-refractivity contribution is 8.26. The van der Waals surface area contributed by atoms with Crippen molar-refractivity contribution in [2.75, 3.05) is 0 Å². The van der Waals surface area contributed by atoms with Gasteiger partial charge in [-0.05, 0) is 61.0 Å². The lowest BCUT2D eigenvalue weighted by molar-refractivity contribution is -0.114. The summed E-state index contributed by atoms with van der Waals surface area (Å²) >= 11 is 1.35. The van der Waals surface area contributed by atoms with Crippen LogP contribution in [0.5, 0.6) is 0 Å². The molecule has 1 N–H and O–H groups in total. The number of thioether (sulfide) groups is 1. The summed E-state index contributed by atoms with van der Waals surface area (Å²) in [6, 6.07) is 9.80. The number of nitrogens with zero attached hydrogens (tertiary/aromatic N) is 4. The van der Waals surface area contributed by atoms with Crippen molar-refractivity contribution in [3.63, 3.8) is 0 Å². The Morgan fingerprint density at radius 3 is 2.90 bits per heavy atom. The Morgan fingerprint density at radius 1 is 1.24 bits per heavy atom. The fraction of sp³-hybridized carbons (Fsp3) is 0.238. The minimum Gasteiger partial charge on any atom is -0.317 e. The Hall–Kier alpha value is -3.00. The number of unbranched alkanes of at least 4 members (excludes halogenated alkanes) is 2. The molecule has 6 nitrogen and oxygen atoms in total. The zero-order chi connectivity index (χ0) is 20.4. The summed E-state index contributed by atoms with van der Waals surface area (Å²) in [4.78, 5) is 16.7. The summed E-state index contributed by atoms with van der Waals surface area (Å²) in [5.41, 5.74) is 1.44. The Morgan fingerprint density at radius 2 is 2.10 bits per heavy atom. The van der Waals surface area contributed by atoms with Gasteiger partial charge in [-0.25, -0.2) is 4.39 Å². The number of carbonyl (C=O) groups is 1. The zero-order valence-electron chi connectivity index (χ0n) is 15.9. The second kappa shape index (κ2) is 8.16. The van der Waals surface area contributed by atoms with Crippen molar-refractivity contribution in [1.82, 2.24) is 9.58 Å². The first-order valence-corrected chi connectivity index (χ1v) is 10.3. The van der Waals surface area contributed by atoms with Crippen LogP contribution in [-0.2, 0) is 4.79 Å². The molecule has 2 aromatic rings. The van der Waals surface area contributed by atoms with Crippen molar-refractivity contribution in [1.29, 1.82) is 5.41 Å². The number of halogens is 1. The lowest BCUT2D eigenvalue weighted by atomic mass is 10.1. The minimum atomic E-state index is -0.467. The molecular formula is C21H20FN5OS. The van der Waals surface area contributed by atoms with Crippen LogP contribution in [0.2, 0.25) is 0 Å². The van der Waals surface area contributed by atoms with Crippen molar-refractivity contribution in [2.24, 2.45) is 10.1 Å². The molecule has 1 amide bonds. The van der Waals surface area contributed by atoms with Crippen LogP contribution >= 0.6 is 11.8 Å². The van der Waals surface area contributed by atoms with Gasteiger partial charge in [0.15, 0.2) is 5.84 Å². The van der Waals surface area contributed by atoms with Gasteiger partial charge in [-0.2, -0.15) is 15.1 Å². The van der Waals surface area contributed by atoms with Gasteiger partial charge in [0.1, 0.15) is 10.9 Å². The van der Waals surface area contributed by atoms with Crippen LogP contribution in [0.1, 0.15) is 38.3 Å². The van der Waals surface area contributed by atoms with E-state index in [4.69, 9.17) is 5.41 Å². The number of carbonyl (C=O) groups excluding carboxylic acids is 1. The molecule has 2 aliphatic rings. The maximum Gasteiger partial charge on any atom is 0.283 e. The van der Waals surface area contributed by atoms with E-state index in [1.165, 1.54) is 28.9 Å². The van der Waals surface area contributed by atoms with Crippen molar-refractivity contribution in [3.8, 4) is 5.69 Å². The topological polar surface area (TPSA) is 73.8 Å². The molecule has 0 unspecified atom stereocenters. The van der Waals surface area contributed by atoms with Crippen LogP contribution in [0.15, 0.2) is 58.3 Å². The highest BCUT2D eigenvalue weighted by Crippen LogP contribution is 2.30. The number of aromatic nitrogens is 1. The first-order valence-electron chi connectivity index (χ1n) is 9.49. The van der Waals surface area contributed by atoms with Gasteiger partial charge < -0.3 is 4.57 Å². The molecule has 148 valence electrons. The van der Waals surface area contributed by atoms with E-state index in [2.05, 4.69) is 17.0 Å². The van der Waals surface area contributed by atoms with Crippen LogP contribution in [0.25, 0.3) is 11.8 Å². The molecule has 0 saturated carbocycles. The number of benzene rings is 1. The maximum atomic E-state index is 13.6. The predicted octanol–water partition coefficient (Wildman–Crippen LogP) is 4.82. The van der Waals surface area contributed by atoms with Gasteiger partial charge in [0.2, 0.25) is 5.17 Å². The largest absolute Gasteiger partial charge is 0.317 e. The molecule has 8 heteroatoms. The molecular weight excluding hydrogens is 389 g/mol. The number of aliphatic imine (C=N–C) groups is 1. The summed E-state index contributed by atoms with van der Waals surface area (Å²) in [5, 5.41) is 15.7. The number of fused-ring (bicyclic) bond motifs is 1. The van der Waals surface area contributed by atoms with E-state index in [1.807, 2.05) is 0 Å². The molecule has 0 bridgehead atoms. The molecule has 3 heterocycles. The molecule has 1 aromatic carbocycles. The fourth-order valence-electron chi connectivity index (χ4n) is 3.18. The van der Waals surface area contributed by atoms with Crippen molar-refractivity contribution >= 4 is 39.8 Å². The molecule has 29 heavy (non-hydrogen) atoms. The molecule has 1 aromatic heterocycles. The molecule has 4 rings (SSSR count). The highest BCUT2D eigenvalue weighted by Gasteiger charge is 2.35. The van der Waals surface area contributed by atoms with Crippen LogP contribution in [0.4, 0.5) is 4.39 Å². The van der Waals surface area contributed by atoms with Crippen LogP contribution in [0, 0.1) is 11.2 Å². The van der Waals surface area contributed by atoms with Gasteiger partial charge >= 0.3 is 0 Å². The van der Waals surface area contributed by atoms with E-state index >= 15 is 0 Å². The third kappa shape index (κ3) is 3.93. The Labute approximate surface area is 172 Å². The van der Waals surface area contributed by atoms with Gasteiger partial charge in [0.25, 0.3) is 5.91 Å². The van der Waals surface area contributed by atoms with Crippen LogP contribution in [-0.4, -0.2) is 31.5 Å². The predicted molar refractivity (Wildman–Crippen MR) is 115 cm³/mol. The average Bonchev–Trinajstić information content (AvgIpc) is 3.32. The standard InChI is InChI=1S/C21H20FN5OS/c1-2-3-4-10-18-25-27-19(23)17(20(28)24-21(27)29-18)13-16-9-6-11-26(16)15-8-5-7-14(22)12-15/h5-9,11-13,23H,2-4,10H2,1H3/b17-13+,23-19?. The number of rotatable bonds is 6. The first kappa shape index (κ1) is 19.3. The third-order valence-corrected chi connectivity index (χ3v) is 5.62. The fourth-order valence-corrected chi connectivity index (χ4v) is 4.11. The van der Waals surface area contributed by atoms with Crippen molar-refractivity contribution in [2.45, 2.75) is 32.6 Å². The number of amides is 1. The van der Waals surface area contributed by atoms with E-state index in [0.29, 0.717) is 16.5 Å². The number of amidine groups is 2. The second-order valence-corrected chi connectivity index (χ2v) is 7.79. The summed E-state index contributed by atoms with van der Waals surface area (Å²) < 4.78 is 15.4. The average molecular weight is 409 g/mol. The Balaban J connectivity index is 1.63. The summed E-state index contributed by atoms with van der Waals surface area (Å²) in [6.07, 6.45) is 7.46. The van der Waals surface area contributed by atoms with E-state index in [-0.39, 0.29) is 17.2 Å². The molecule has 0 radical (unpaired) electrons. The monoisotopic (exact) mass is 409 g/mol. The van der Waals surface area contributed by atoms with Gasteiger partial charge in [-0.1, -0.05) is 25.8 Å². The van der Waals surface area contributed by atoms with E-state index < -0.39 is 5.91 Å². The Kier molecular flexibility index (Phi) is 5.44. The van der Waals surface area contributed by atoms with Gasteiger partial charge in [0, 0.05) is 17.6 Å². The maximum absolute atomic E-state index is 13.6. The number of nitrogens with one attached hydrogen (secondary N) is 1. The van der Waals surface area contributed by atoms with Gasteiger partial charge in [-0.3, -0.25) is 10.2 Å². The van der Waals surface area contributed by atoms with Crippen molar-refractivity contribution in [3.05, 3.63) is 59.7 Å². The molecule has 2 aliphatic heterocycles. The first-order chi connectivity index (χ1) is 14.1. The number of hydrogen-bond acceptors (Lipinski definition) is 4. The molecule has 0 saturated heterocycles. The Bertz CT molecular complexity index is 1070. The zero-order valence-corrected chi connectivity index (χ0v) is 16.7. The quantitative estimate of drug-likeness (QED) is 0.549. The molecule has 0 atom stereocenters. The normalized spacial score (nSPS) is 17.6. The van der Waals surface area contributed by atoms with Crippen molar-refractivity contribution < 1.29 is 9.18 Å². The van der Waals surface area contributed by atoms with E-state index in [1.54, 1.807) is 41.1 Å². The van der Waals surface area contributed by atoms with E-state index in [0.717, 1.165) is 30.7 Å². The summed E-state index contributed by atoms with van der Waals surface area (Å²) in [5.74, 6) is -0.805. The highest BCUT2D eigenvalue weighted by atomic mass is 32.2. The lowest BCUT2D eigenvalue weighted by Gasteiger charge is -2.20. The molecule has 0 aliphatic carbocycles. The smallest absolute Gasteiger partial charge is 0.283 e. The second-order valence-electron chi connectivity index (χ2n) is 6.75. The van der Waals surface area contributed by atoms with Gasteiger partial charge in [-0.15, -0.1) is 0 Å². The minimum absolute atomic E-state index is 0.00461. The van der Waals surface area contributed by atoms with Crippen LogP contribution < -0.4 is 0 Å². The SMILES string of the molecule is CCCCCC1=NN2C(=N)/C(=C\c3cccn3-c3cccc(F)c3)C(=O)N=C2S1. The molecule has 0 spiro atoms. The lowest BCUT2D eigenvalue weighted by Crippen LogP contribution is -2.35.